The van der Waals surface area contributed by atoms with Crippen molar-refractivity contribution in [3.8, 4) is 0 Å². The summed E-state index contributed by atoms with van der Waals surface area (Å²) in [5.41, 5.74) is 0.554. The Bertz CT molecular complexity index is 497. The fourth-order valence-corrected chi connectivity index (χ4v) is 1.73. The maximum Gasteiger partial charge on any atom is 1.00 e. The van der Waals surface area contributed by atoms with Crippen molar-refractivity contribution in [1.29, 1.82) is 0 Å². The Balaban J connectivity index is 0.00000128. The number of benzene rings is 1. The van der Waals surface area contributed by atoms with Crippen molar-refractivity contribution in [2.75, 3.05) is 0 Å². The molecule has 0 radical (unpaired) electrons. The van der Waals surface area contributed by atoms with E-state index in [1.165, 1.54) is 10.8 Å². The SMILES string of the molecule is F[B-](F)(F)Cn1ccc2cc(Cl)ccc21.[K+]. The molecular weight excluding hydrogens is 264 g/mol. The maximum atomic E-state index is 12.2. The van der Waals surface area contributed by atoms with E-state index in [9.17, 15) is 12.9 Å². The molecule has 0 aliphatic heterocycles. The first kappa shape index (κ1) is 14.6. The predicted octanol–water partition coefficient (Wildman–Crippen LogP) is 0.685. The second-order valence-electron chi connectivity index (χ2n) is 3.38. The largest absolute Gasteiger partial charge is 1.00 e. The molecule has 1 heterocycles. The molecule has 0 spiro atoms. The molecule has 0 aliphatic rings. The monoisotopic (exact) mass is 271 g/mol. The molecule has 16 heavy (non-hydrogen) atoms. The summed E-state index contributed by atoms with van der Waals surface area (Å²) in [6.45, 7) is -4.81. The summed E-state index contributed by atoms with van der Waals surface area (Å²) in [7, 11) is 0. The average molecular weight is 272 g/mol. The molecule has 0 fully saturated rings. The minimum absolute atomic E-state index is 0. The van der Waals surface area contributed by atoms with Crippen LogP contribution in [0, 0.1) is 0 Å². The normalized spacial score (nSPS) is 11.5. The van der Waals surface area contributed by atoms with Crippen molar-refractivity contribution < 1.29 is 64.3 Å². The van der Waals surface area contributed by atoms with E-state index in [-0.39, 0.29) is 51.4 Å². The summed E-state index contributed by atoms with van der Waals surface area (Å²) in [4.78, 5) is 0. The summed E-state index contributed by atoms with van der Waals surface area (Å²) in [6.07, 6.45) is 0.515. The Hall–Kier alpha value is 0.541. The van der Waals surface area contributed by atoms with Crippen molar-refractivity contribution in [1.82, 2.24) is 4.57 Å². The molecule has 0 aliphatic carbocycles. The first-order valence-electron chi connectivity index (χ1n) is 4.41. The van der Waals surface area contributed by atoms with Crippen molar-refractivity contribution in [2.45, 2.75) is 6.44 Å². The zero-order chi connectivity index (χ0) is 11.1. The first-order valence-corrected chi connectivity index (χ1v) is 4.79. The third-order valence-electron chi connectivity index (χ3n) is 2.14. The van der Waals surface area contributed by atoms with Gasteiger partial charge in [-0.25, -0.2) is 0 Å². The molecule has 0 bridgehead atoms. The van der Waals surface area contributed by atoms with E-state index in [1.54, 1.807) is 24.3 Å². The van der Waals surface area contributed by atoms with Gasteiger partial charge in [-0.2, -0.15) is 0 Å². The van der Waals surface area contributed by atoms with Gasteiger partial charge < -0.3 is 17.5 Å². The average Bonchev–Trinajstić information content (AvgIpc) is 2.45. The summed E-state index contributed by atoms with van der Waals surface area (Å²) < 4.78 is 37.9. The van der Waals surface area contributed by atoms with Gasteiger partial charge in [0.05, 0.1) is 0 Å². The van der Waals surface area contributed by atoms with Crippen LogP contribution in [0.5, 0.6) is 0 Å². The molecule has 0 atom stereocenters. The Labute approximate surface area is 138 Å². The fourth-order valence-electron chi connectivity index (χ4n) is 1.55. The van der Waals surface area contributed by atoms with Crippen LogP contribution >= 0.6 is 11.6 Å². The van der Waals surface area contributed by atoms with Crippen molar-refractivity contribution in [3.63, 3.8) is 0 Å². The standard InChI is InChI=1S/C9H7BClF3N.K/c11-8-1-2-9-7(5-8)3-4-15(9)6-10(12,13)14;/h1-5H,6H2;/q-1;+1. The molecule has 2 rings (SSSR count). The number of nitrogens with zero attached hydrogens (tertiary/aromatic N) is 1. The van der Waals surface area contributed by atoms with Gasteiger partial charge in [0.15, 0.2) is 0 Å². The van der Waals surface area contributed by atoms with Gasteiger partial charge in [0, 0.05) is 22.1 Å². The van der Waals surface area contributed by atoms with Crippen LogP contribution in [0.2, 0.25) is 5.02 Å². The smallest absolute Gasteiger partial charge is 0.448 e. The van der Waals surface area contributed by atoms with E-state index >= 15 is 0 Å². The minimum atomic E-state index is -4.81. The van der Waals surface area contributed by atoms with Crippen LogP contribution in [0.3, 0.4) is 0 Å². The van der Waals surface area contributed by atoms with Gasteiger partial charge in [0.25, 0.3) is 0 Å². The zero-order valence-corrected chi connectivity index (χ0v) is 12.5. The van der Waals surface area contributed by atoms with Crippen LogP contribution in [-0.4, -0.2) is 11.5 Å². The number of hydrogen-bond donors (Lipinski definition) is 0. The molecule has 1 nitrogen and oxygen atoms in total. The molecule has 0 N–H and O–H groups in total. The third-order valence-corrected chi connectivity index (χ3v) is 2.37. The second-order valence-corrected chi connectivity index (χ2v) is 3.82. The Kier molecular flexibility index (Phi) is 4.98. The topological polar surface area (TPSA) is 4.93 Å². The van der Waals surface area contributed by atoms with Crippen LogP contribution in [0.15, 0.2) is 30.5 Å². The number of halogens is 4. The van der Waals surface area contributed by atoms with Crippen LogP contribution in [0.25, 0.3) is 10.9 Å². The molecule has 1 aromatic heterocycles. The van der Waals surface area contributed by atoms with Crippen molar-refractivity contribution in [3.05, 3.63) is 35.5 Å². The van der Waals surface area contributed by atoms with Gasteiger partial charge in [-0.1, -0.05) is 11.6 Å². The molecule has 0 unspecified atom stereocenters. The quantitative estimate of drug-likeness (QED) is 0.708. The van der Waals surface area contributed by atoms with Gasteiger partial charge in [0.1, 0.15) is 0 Å². The van der Waals surface area contributed by atoms with Gasteiger partial charge in [-0.15, -0.1) is 0 Å². The van der Waals surface area contributed by atoms with Crippen LogP contribution in [0.1, 0.15) is 0 Å². The van der Waals surface area contributed by atoms with Crippen LogP contribution in [-0.2, 0) is 6.44 Å². The molecule has 7 heteroatoms. The molecule has 0 amide bonds. The van der Waals surface area contributed by atoms with Gasteiger partial charge in [-0.3, -0.25) is 0 Å². The van der Waals surface area contributed by atoms with E-state index in [1.807, 2.05) is 0 Å². The molecule has 0 saturated carbocycles. The molecule has 0 saturated heterocycles. The van der Waals surface area contributed by atoms with E-state index < -0.39 is 13.4 Å². The van der Waals surface area contributed by atoms with Crippen LogP contribution < -0.4 is 51.4 Å². The Morgan fingerprint density at radius 1 is 1.19 bits per heavy atom. The minimum Gasteiger partial charge on any atom is -0.448 e. The number of fused-ring (bicyclic) bond motifs is 1. The molecule has 1 aromatic carbocycles. The number of aromatic nitrogens is 1. The number of hydrogen-bond acceptors (Lipinski definition) is 0. The second kappa shape index (κ2) is 5.46. The Morgan fingerprint density at radius 2 is 1.88 bits per heavy atom. The summed E-state index contributed by atoms with van der Waals surface area (Å²) in [6, 6.07) is 6.46. The van der Waals surface area contributed by atoms with E-state index in [0.717, 1.165) is 5.39 Å². The molecular formula is C9H7BClF3KN. The predicted molar refractivity (Wildman–Crippen MR) is 56.0 cm³/mol. The Morgan fingerprint density at radius 3 is 2.50 bits per heavy atom. The third kappa shape index (κ3) is 3.52. The fraction of sp³-hybridized carbons (Fsp3) is 0.111. The van der Waals surface area contributed by atoms with Crippen molar-refractivity contribution in [2.24, 2.45) is 0 Å². The number of rotatable bonds is 2. The zero-order valence-electron chi connectivity index (χ0n) is 8.63. The van der Waals surface area contributed by atoms with Gasteiger partial charge in [0.2, 0.25) is 0 Å². The molecule has 80 valence electrons. The summed E-state index contributed by atoms with van der Waals surface area (Å²) >= 11 is 5.73. The van der Waals surface area contributed by atoms with Crippen molar-refractivity contribution >= 4 is 29.5 Å². The van der Waals surface area contributed by atoms with Crippen LogP contribution in [0.4, 0.5) is 12.9 Å². The maximum absolute atomic E-state index is 12.2. The summed E-state index contributed by atoms with van der Waals surface area (Å²) in [5.74, 6) is 0. The molecule has 2 aromatic rings. The van der Waals surface area contributed by atoms with Gasteiger partial charge >= 0.3 is 58.4 Å². The van der Waals surface area contributed by atoms with E-state index in [2.05, 4.69) is 0 Å². The van der Waals surface area contributed by atoms with Gasteiger partial charge in [-0.05, 0) is 30.7 Å². The first-order chi connectivity index (χ1) is 6.96. The van der Waals surface area contributed by atoms with E-state index in [0.29, 0.717) is 10.5 Å². The van der Waals surface area contributed by atoms with E-state index in [4.69, 9.17) is 11.6 Å². The summed E-state index contributed by atoms with van der Waals surface area (Å²) in [5, 5.41) is 1.25.